The van der Waals surface area contributed by atoms with Crippen LogP contribution < -0.4 is 14.8 Å². The maximum absolute atomic E-state index is 6.00. The first-order chi connectivity index (χ1) is 13.1. The van der Waals surface area contributed by atoms with Crippen LogP contribution in [-0.4, -0.2) is 25.9 Å². The van der Waals surface area contributed by atoms with E-state index in [0.29, 0.717) is 19.3 Å². The molecule has 2 aromatic rings. The number of benzene rings is 2. The highest BCUT2D eigenvalue weighted by Crippen LogP contribution is 2.29. The maximum Gasteiger partial charge on any atom is 0.161 e. The zero-order chi connectivity index (χ0) is 19.5. The van der Waals surface area contributed by atoms with Crippen LogP contribution in [0.4, 0.5) is 0 Å². The second-order valence-electron chi connectivity index (χ2n) is 6.94. The fraction of sp³-hybridized carbons (Fsp3) is 0.478. The Morgan fingerprint density at radius 1 is 0.963 bits per heavy atom. The van der Waals surface area contributed by atoms with Gasteiger partial charge < -0.3 is 19.5 Å². The van der Waals surface area contributed by atoms with Crippen molar-refractivity contribution in [3.8, 4) is 11.5 Å². The smallest absolute Gasteiger partial charge is 0.161 e. The topological polar surface area (TPSA) is 39.7 Å². The van der Waals surface area contributed by atoms with E-state index in [2.05, 4.69) is 62.5 Å². The molecule has 2 aromatic carbocycles. The van der Waals surface area contributed by atoms with Gasteiger partial charge in [0, 0.05) is 13.2 Å². The molecule has 0 radical (unpaired) electrons. The van der Waals surface area contributed by atoms with Crippen LogP contribution in [0, 0.1) is 6.92 Å². The third-order valence-electron chi connectivity index (χ3n) is 4.06. The van der Waals surface area contributed by atoms with E-state index in [0.717, 1.165) is 43.2 Å². The van der Waals surface area contributed by atoms with Crippen LogP contribution in [-0.2, 0) is 17.9 Å². The summed E-state index contributed by atoms with van der Waals surface area (Å²) in [5.74, 6) is 1.58. The lowest BCUT2D eigenvalue weighted by atomic mass is 10.1. The van der Waals surface area contributed by atoms with E-state index in [1.807, 2.05) is 13.0 Å². The fourth-order valence-electron chi connectivity index (χ4n) is 2.76. The van der Waals surface area contributed by atoms with E-state index < -0.39 is 0 Å². The van der Waals surface area contributed by atoms with Crippen LogP contribution in [0.1, 0.15) is 43.9 Å². The lowest BCUT2D eigenvalue weighted by molar-refractivity contribution is 0.0770. The van der Waals surface area contributed by atoms with Gasteiger partial charge in [-0.05, 0) is 63.9 Å². The van der Waals surface area contributed by atoms with Gasteiger partial charge in [0.2, 0.25) is 0 Å². The van der Waals surface area contributed by atoms with Crippen molar-refractivity contribution in [3.63, 3.8) is 0 Å². The van der Waals surface area contributed by atoms with Gasteiger partial charge in [0.25, 0.3) is 0 Å². The molecule has 4 nitrogen and oxygen atoms in total. The third kappa shape index (κ3) is 8.02. The number of aryl methyl sites for hydroxylation is 1. The second kappa shape index (κ2) is 11.6. The van der Waals surface area contributed by atoms with E-state index >= 15 is 0 Å². The molecule has 0 saturated carbocycles. The highest BCUT2D eigenvalue weighted by molar-refractivity contribution is 5.43. The van der Waals surface area contributed by atoms with Gasteiger partial charge in [0.15, 0.2) is 11.5 Å². The first kappa shape index (κ1) is 21.3. The molecule has 0 spiro atoms. The molecular formula is C23H33NO3. The summed E-state index contributed by atoms with van der Waals surface area (Å²) in [5.41, 5.74) is 3.58. The van der Waals surface area contributed by atoms with Gasteiger partial charge >= 0.3 is 0 Å². The van der Waals surface area contributed by atoms with Crippen molar-refractivity contribution in [3.05, 3.63) is 59.2 Å². The zero-order valence-electron chi connectivity index (χ0n) is 17.1. The Bertz CT molecular complexity index is 685. The molecular weight excluding hydrogens is 338 g/mol. The van der Waals surface area contributed by atoms with Gasteiger partial charge in [0.05, 0.1) is 12.7 Å². The molecule has 1 N–H and O–H groups in total. The number of rotatable bonds is 12. The lowest BCUT2D eigenvalue weighted by Crippen LogP contribution is -2.17. The van der Waals surface area contributed by atoms with Crippen LogP contribution in [0.15, 0.2) is 42.5 Å². The van der Waals surface area contributed by atoms with E-state index in [1.54, 1.807) is 0 Å². The highest BCUT2D eigenvalue weighted by atomic mass is 16.5. The molecule has 0 aromatic heterocycles. The maximum atomic E-state index is 6.00. The van der Waals surface area contributed by atoms with Crippen molar-refractivity contribution in [1.29, 1.82) is 0 Å². The molecule has 0 aliphatic heterocycles. The van der Waals surface area contributed by atoms with E-state index in [9.17, 15) is 0 Å². The van der Waals surface area contributed by atoms with Crippen LogP contribution >= 0.6 is 0 Å². The minimum absolute atomic E-state index is 0.297. The van der Waals surface area contributed by atoms with Gasteiger partial charge in [-0.2, -0.15) is 0 Å². The summed E-state index contributed by atoms with van der Waals surface area (Å²) in [6.07, 6.45) is 1.31. The molecule has 0 aliphatic carbocycles. The third-order valence-corrected chi connectivity index (χ3v) is 4.06. The molecule has 0 heterocycles. The van der Waals surface area contributed by atoms with Crippen molar-refractivity contribution < 1.29 is 14.2 Å². The second-order valence-corrected chi connectivity index (χ2v) is 6.94. The molecule has 2 rings (SSSR count). The van der Waals surface area contributed by atoms with Gasteiger partial charge in [-0.15, -0.1) is 0 Å². The van der Waals surface area contributed by atoms with Crippen LogP contribution in [0.25, 0.3) is 0 Å². The predicted molar refractivity (Wildman–Crippen MR) is 111 cm³/mol. The van der Waals surface area contributed by atoms with Crippen molar-refractivity contribution in [2.45, 2.75) is 53.4 Å². The van der Waals surface area contributed by atoms with Gasteiger partial charge in [-0.25, -0.2) is 0 Å². The SMILES string of the molecule is CCOc1cc(CNCCCOC(C)C)ccc1OCc1cccc(C)c1. The summed E-state index contributed by atoms with van der Waals surface area (Å²) in [6, 6.07) is 14.5. The Balaban J connectivity index is 1.87. The van der Waals surface area contributed by atoms with Crippen molar-refractivity contribution in [2.75, 3.05) is 19.8 Å². The largest absolute Gasteiger partial charge is 0.490 e. The average molecular weight is 372 g/mol. The molecule has 148 valence electrons. The first-order valence-corrected chi connectivity index (χ1v) is 9.85. The van der Waals surface area contributed by atoms with Gasteiger partial charge in [-0.1, -0.05) is 35.9 Å². The normalized spacial score (nSPS) is 11.0. The van der Waals surface area contributed by atoms with E-state index in [1.165, 1.54) is 11.1 Å². The summed E-state index contributed by atoms with van der Waals surface area (Å²) in [5, 5.41) is 3.45. The number of hydrogen-bond acceptors (Lipinski definition) is 4. The molecule has 0 aliphatic rings. The number of nitrogens with one attached hydrogen (secondary N) is 1. The number of ether oxygens (including phenoxy) is 3. The Morgan fingerprint density at radius 3 is 2.56 bits per heavy atom. The van der Waals surface area contributed by atoms with E-state index in [-0.39, 0.29) is 0 Å². The molecule has 0 atom stereocenters. The molecule has 0 fully saturated rings. The summed E-state index contributed by atoms with van der Waals surface area (Å²) >= 11 is 0. The Kier molecular flexibility index (Phi) is 9.16. The molecule has 4 heteroatoms. The van der Waals surface area contributed by atoms with Crippen LogP contribution in [0.2, 0.25) is 0 Å². The molecule has 0 saturated heterocycles. The Morgan fingerprint density at radius 2 is 1.81 bits per heavy atom. The molecule has 0 unspecified atom stereocenters. The Labute approximate surface area is 163 Å². The highest BCUT2D eigenvalue weighted by Gasteiger charge is 2.07. The average Bonchev–Trinajstić information content (AvgIpc) is 2.64. The van der Waals surface area contributed by atoms with Crippen LogP contribution in [0.3, 0.4) is 0 Å². The van der Waals surface area contributed by atoms with Crippen molar-refractivity contribution in [2.24, 2.45) is 0 Å². The first-order valence-electron chi connectivity index (χ1n) is 9.85. The number of hydrogen-bond donors (Lipinski definition) is 1. The lowest BCUT2D eigenvalue weighted by Gasteiger charge is -2.14. The summed E-state index contributed by atoms with van der Waals surface area (Å²) < 4.78 is 17.3. The minimum Gasteiger partial charge on any atom is -0.490 e. The van der Waals surface area contributed by atoms with Crippen molar-refractivity contribution >= 4 is 0 Å². The predicted octanol–water partition coefficient (Wildman–Crippen LogP) is 4.88. The molecule has 0 amide bonds. The van der Waals surface area contributed by atoms with Crippen LogP contribution in [0.5, 0.6) is 11.5 Å². The van der Waals surface area contributed by atoms with E-state index in [4.69, 9.17) is 14.2 Å². The standard InChI is InChI=1S/C23H33NO3/c1-5-25-23-15-20(16-24-12-7-13-26-18(2)3)10-11-22(23)27-17-21-9-6-8-19(4)14-21/h6,8-11,14-15,18,24H,5,7,12-13,16-17H2,1-4H3. The minimum atomic E-state index is 0.297. The Hall–Kier alpha value is -2.04. The monoisotopic (exact) mass is 371 g/mol. The summed E-state index contributed by atoms with van der Waals surface area (Å²) in [4.78, 5) is 0. The summed E-state index contributed by atoms with van der Waals surface area (Å²) in [6.45, 7) is 11.9. The molecule has 0 bridgehead atoms. The fourth-order valence-corrected chi connectivity index (χ4v) is 2.76. The quantitative estimate of drug-likeness (QED) is 0.540. The summed E-state index contributed by atoms with van der Waals surface area (Å²) in [7, 11) is 0. The molecule has 27 heavy (non-hydrogen) atoms. The van der Waals surface area contributed by atoms with Gasteiger partial charge in [-0.3, -0.25) is 0 Å². The van der Waals surface area contributed by atoms with Gasteiger partial charge in [0.1, 0.15) is 6.61 Å². The zero-order valence-corrected chi connectivity index (χ0v) is 17.1. The van der Waals surface area contributed by atoms with Crippen molar-refractivity contribution in [1.82, 2.24) is 5.32 Å².